The number of rotatable bonds is 2. The highest BCUT2D eigenvalue weighted by atomic mass is 32.1. The molecule has 3 saturated heterocycles. The number of carbonyl (C=O) groups excluding carboxylic acids is 4. The molecule has 4 atom stereocenters. The van der Waals surface area contributed by atoms with Gasteiger partial charge in [-0.3, -0.25) is 19.3 Å². The van der Waals surface area contributed by atoms with Gasteiger partial charge < -0.3 is 10.1 Å². The van der Waals surface area contributed by atoms with E-state index in [0.717, 1.165) is 40.1 Å². The summed E-state index contributed by atoms with van der Waals surface area (Å²) < 4.78 is 4.99. The number of thiophene rings is 1. The Bertz CT molecular complexity index is 1360. The maximum absolute atomic E-state index is 14.2. The fourth-order valence-electron chi connectivity index (χ4n) is 6.83. The van der Waals surface area contributed by atoms with Gasteiger partial charge in [0.1, 0.15) is 10.5 Å². The third-order valence-electron chi connectivity index (χ3n) is 8.66. The Morgan fingerprint density at radius 2 is 1.86 bits per heavy atom. The number of amides is 3. The average Bonchev–Trinajstić information content (AvgIpc) is 3.58. The lowest BCUT2D eigenvalue weighted by Crippen LogP contribution is -2.54. The van der Waals surface area contributed by atoms with Crippen molar-refractivity contribution in [1.82, 2.24) is 4.90 Å². The molecule has 2 aromatic rings. The first-order valence-electron chi connectivity index (χ1n) is 11.9. The summed E-state index contributed by atoms with van der Waals surface area (Å²) in [6.07, 6.45) is 1.60. The van der Waals surface area contributed by atoms with Gasteiger partial charge in [-0.25, -0.2) is 9.69 Å². The maximum Gasteiger partial charge on any atom is 0.341 e. The van der Waals surface area contributed by atoms with Crippen molar-refractivity contribution < 1.29 is 23.9 Å². The van der Waals surface area contributed by atoms with Crippen LogP contribution in [0.2, 0.25) is 0 Å². The minimum atomic E-state index is -1.23. The van der Waals surface area contributed by atoms with Crippen LogP contribution in [0, 0.1) is 39.5 Å². The monoisotopic (exact) mass is 493 g/mol. The summed E-state index contributed by atoms with van der Waals surface area (Å²) in [5.41, 5.74) is 3.26. The summed E-state index contributed by atoms with van der Waals surface area (Å²) >= 11 is 1.24. The van der Waals surface area contributed by atoms with E-state index in [4.69, 9.17) is 4.74 Å². The van der Waals surface area contributed by atoms with E-state index in [1.807, 2.05) is 32.9 Å². The fraction of sp³-hybridized carbons (Fsp3) is 0.462. The van der Waals surface area contributed by atoms with E-state index < -0.39 is 29.3 Å². The molecule has 35 heavy (non-hydrogen) atoms. The summed E-state index contributed by atoms with van der Waals surface area (Å²) in [6, 6.07) is 3.71. The zero-order chi connectivity index (χ0) is 25.0. The van der Waals surface area contributed by atoms with E-state index >= 15 is 0 Å². The van der Waals surface area contributed by atoms with E-state index in [-0.39, 0.29) is 23.4 Å². The van der Waals surface area contributed by atoms with Gasteiger partial charge in [0, 0.05) is 22.2 Å². The first-order valence-corrected chi connectivity index (χ1v) is 12.7. The number of carbonyl (C=O) groups is 4. The van der Waals surface area contributed by atoms with Gasteiger partial charge in [-0.2, -0.15) is 0 Å². The van der Waals surface area contributed by atoms with Gasteiger partial charge in [0.2, 0.25) is 17.7 Å². The molecule has 182 valence electrons. The van der Waals surface area contributed by atoms with Crippen LogP contribution in [0.4, 0.5) is 10.7 Å². The van der Waals surface area contributed by atoms with E-state index in [2.05, 4.69) is 10.2 Å². The normalized spacial score (nSPS) is 29.1. The van der Waals surface area contributed by atoms with Crippen LogP contribution in [0.5, 0.6) is 0 Å². The van der Waals surface area contributed by atoms with E-state index in [0.29, 0.717) is 17.1 Å². The van der Waals surface area contributed by atoms with Crippen molar-refractivity contribution in [2.24, 2.45) is 11.8 Å². The molecule has 1 aromatic carbocycles. The molecule has 0 bridgehead atoms. The minimum absolute atomic E-state index is 0.205. The van der Waals surface area contributed by atoms with Crippen LogP contribution < -0.4 is 10.2 Å². The van der Waals surface area contributed by atoms with Crippen LogP contribution in [0.25, 0.3) is 0 Å². The number of fused-ring (bicyclic) bond motifs is 7. The SMILES string of the molecule is COC(=O)c1c(N2C(=O)[C@@H]3[C@H]4CCCN4[C@@]4(C(=O)Nc5c4ccc(C)c5C)[C@@H]3C2=O)sc(C)c1C. The van der Waals surface area contributed by atoms with Gasteiger partial charge >= 0.3 is 5.97 Å². The van der Waals surface area contributed by atoms with E-state index in [1.54, 1.807) is 6.92 Å². The lowest BCUT2D eigenvalue weighted by Gasteiger charge is -2.36. The van der Waals surface area contributed by atoms with Crippen LogP contribution in [0.1, 0.15) is 50.3 Å². The number of hydrogen-bond donors (Lipinski definition) is 1. The fourth-order valence-corrected chi connectivity index (χ4v) is 7.98. The predicted octanol–water partition coefficient (Wildman–Crippen LogP) is 3.20. The second-order valence-electron chi connectivity index (χ2n) is 10.0. The third kappa shape index (κ3) is 2.50. The van der Waals surface area contributed by atoms with Gasteiger partial charge in [-0.15, -0.1) is 11.3 Å². The summed E-state index contributed by atoms with van der Waals surface area (Å²) in [4.78, 5) is 58.9. The number of benzene rings is 1. The number of anilines is 2. The molecule has 0 saturated carbocycles. The standard InChI is InChI=1S/C26H27N3O5S/c1-11-8-9-15-20(12(11)2)27-25(33)26(15)19-18(16-7-6-10-28(16)26)21(30)29(22(19)31)23-17(24(32)34-5)13(3)14(4)35-23/h8-9,16,18-19H,6-7,10H2,1-5H3,(H,27,33)/t16-,18-,19+,26-/m1/s1. The topological polar surface area (TPSA) is 96.0 Å². The lowest BCUT2D eigenvalue weighted by molar-refractivity contribution is -0.135. The molecule has 1 spiro atoms. The first kappa shape index (κ1) is 22.4. The number of esters is 1. The average molecular weight is 494 g/mol. The number of aryl methyl sites for hydroxylation is 2. The maximum atomic E-state index is 14.2. The summed E-state index contributed by atoms with van der Waals surface area (Å²) in [7, 11) is 1.29. The molecule has 6 rings (SSSR count). The Morgan fingerprint density at radius 3 is 2.57 bits per heavy atom. The van der Waals surface area contributed by atoms with Crippen LogP contribution in [0.3, 0.4) is 0 Å². The molecule has 5 heterocycles. The Kier molecular flexibility index (Phi) is 4.64. The molecule has 0 aliphatic carbocycles. The van der Waals surface area contributed by atoms with Crippen LogP contribution >= 0.6 is 11.3 Å². The zero-order valence-electron chi connectivity index (χ0n) is 20.4. The summed E-state index contributed by atoms with van der Waals surface area (Å²) in [6.45, 7) is 8.26. The Hall–Kier alpha value is -3.04. The quantitative estimate of drug-likeness (QED) is 0.510. The highest BCUT2D eigenvalue weighted by Gasteiger charge is 2.75. The molecule has 9 heteroatoms. The smallest absolute Gasteiger partial charge is 0.341 e. The van der Waals surface area contributed by atoms with Gasteiger partial charge in [-0.05, 0) is 63.8 Å². The predicted molar refractivity (Wildman–Crippen MR) is 131 cm³/mol. The second kappa shape index (κ2) is 7.24. The van der Waals surface area contributed by atoms with Crippen molar-refractivity contribution in [2.75, 3.05) is 23.9 Å². The van der Waals surface area contributed by atoms with Crippen LogP contribution in [-0.2, 0) is 24.7 Å². The highest BCUT2D eigenvalue weighted by molar-refractivity contribution is 7.17. The number of nitrogens with zero attached hydrogens (tertiary/aromatic N) is 2. The van der Waals surface area contributed by atoms with Crippen LogP contribution in [0.15, 0.2) is 12.1 Å². The van der Waals surface area contributed by atoms with Crippen molar-refractivity contribution in [3.63, 3.8) is 0 Å². The first-order chi connectivity index (χ1) is 16.7. The van der Waals surface area contributed by atoms with Gasteiger partial charge in [0.25, 0.3) is 0 Å². The molecule has 0 radical (unpaired) electrons. The molecular weight excluding hydrogens is 466 g/mol. The van der Waals surface area contributed by atoms with Gasteiger partial charge in [-0.1, -0.05) is 12.1 Å². The molecular formula is C26H27N3O5S. The number of ether oxygens (including phenoxy) is 1. The number of nitrogens with one attached hydrogen (secondary N) is 1. The number of imide groups is 1. The van der Waals surface area contributed by atoms with E-state index in [9.17, 15) is 19.2 Å². The van der Waals surface area contributed by atoms with Crippen molar-refractivity contribution in [3.05, 3.63) is 44.8 Å². The zero-order valence-corrected chi connectivity index (χ0v) is 21.2. The van der Waals surface area contributed by atoms with Crippen molar-refractivity contribution in [1.29, 1.82) is 0 Å². The van der Waals surface area contributed by atoms with Crippen molar-refractivity contribution >= 4 is 45.7 Å². The second-order valence-corrected chi connectivity index (χ2v) is 11.2. The van der Waals surface area contributed by atoms with Gasteiger partial charge in [0.05, 0.1) is 24.5 Å². The van der Waals surface area contributed by atoms with Crippen molar-refractivity contribution in [2.45, 2.75) is 52.1 Å². The molecule has 3 fully saturated rings. The van der Waals surface area contributed by atoms with Crippen molar-refractivity contribution in [3.8, 4) is 0 Å². The molecule has 8 nitrogen and oxygen atoms in total. The molecule has 1 N–H and O–H groups in total. The molecule has 4 aliphatic rings. The minimum Gasteiger partial charge on any atom is -0.465 e. The number of methoxy groups -OCH3 is 1. The number of hydrogen-bond acceptors (Lipinski definition) is 7. The summed E-state index contributed by atoms with van der Waals surface area (Å²) in [5, 5.41) is 3.37. The third-order valence-corrected chi connectivity index (χ3v) is 9.85. The Morgan fingerprint density at radius 1 is 1.11 bits per heavy atom. The molecule has 0 unspecified atom stereocenters. The Balaban J connectivity index is 1.57. The molecule has 4 aliphatic heterocycles. The largest absolute Gasteiger partial charge is 0.465 e. The molecule has 1 aromatic heterocycles. The summed E-state index contributed by atoms with van der Waals surface area (Å²) in [5.74, 6) is -3.05. The molecule has 3 amide bonds. The highest BCUT2D eigenvalue weighted by Crippen LogP contribution is 2.61. The Labute approximate surface area is 207 Å². The van der Waals surface area contributed by atoms with E-state index in [1.165, 1.54) is 23.3 Å². The van der Waals surface area contributed by atoms with Crippen LogP contribution in [-0.4, -0.2) is 48.3 Å². The lowest BCUT2D eigenvalue weighted by atomic mass is 9.75. The van der Waals surface area contributed by atoms with Gasteiger partial charge in [0.15, 0.2) is 0 Å².